The summed E-state index contributed by atoms with van der Waals surface area (Å²) in [5, 5.41) is 18.7. The van der Waals surface area contributed by atoms with Gasteiger partial charge in [-0.1, -0.05) is 48.5 Å². The first-order valence-electron chi connectivity index (χ1n) is 8.59. The maximum atomic E-state index is 11.6. The Hall–Kier alpha value is -3.44. The minimum absolute atomic E-state index is 0.0285. The molecule has 0 saturated carbocycles. The second-order valence-corrected chi connectivity index (χ2v) is 6.48. The van der Waals surface area contributed by atoms with Gasteiger partial charge in [0.2, 0.25) is 0 Å². The van der Waals surface area contributed by atoms with Gasteiger partial charge in [0.1, 0.15) is 11.3 Å². The van der Waals surface area contributed by atoms with Gasteiger partial charge in [-0.3, -0.25) is 0 Å². The molecule has 0 aliphatic carbocycles. The van der Waals surface area contributed by atoms with Gasteiger partial charge in [0.05, 0.1) is 17.7 Å². The Morgan fingerprint density at radius 2 is 1.48 bits per heavy atom. The number of aliphatic hydroxyl groups is 1. The predicted octanol–water partition coefficient (Wildman–Crippen LogP) is 4.40. The summed E-state index contributed by atoms with van der Waals surface area (Å²) in [4.78, 5) is 19.0. The van der Waals surface area contributed by atoms with E-state index in [0.717, 1.165) is 27.8 Å². The average Bonchev–Trinajstić information content (AvgIpc) is 3.07. The molecule has 1 heterocycles. The van der Waals surface area contributed by atoms with Gasteiger partial charge in [0, 0.05) is 0 Å². The fraction of sp³-hybridized carbons (Fsp3) is 0.0909. The molecular weight excluding hydrogens is 340 g/mol. The Kier molecular flexibility index (Phi) is 4.22. The van der Waals surface area contributed by atoms with Crippen LogP contribution in [0.1, 0.15) is 21.7 Å². The highest BCUT2D eigenvalue weighted by molar-refractivity contribution is 6.03. The van der Waals surface area contributed by atoms with Crippen LogP contribution in [-0.4, -0.2) is 26.2 Å². The van der Waals surface area contributed by atoms with E-state index in [1.54, 1.807) is 6.07 Å². The molecule has 5 nitrogen and oxygen atoms in total. The number of aromatic nitrogens is 2. The molecule has 0 bridgehead atoms. The third-order valence-electron chi connectivity index (χ3n) is 4.62. The molecule has 4 rings (SSSR count). The number of hydrogen-bond donors (Lipinski definition) is 3. The summed E-state index contributed by atoms with van der Waals surface area (Å²) >= 11 is 0. The molecule has 0 atom stereocenters. The lowest BCUT2D eigenvalue weighted by molar-refractivity contribution is 0.0699. The van der Waals surface area contributed by atoms with Gasteiger partial charge in [-0.2, -0.15) is 0 Å². The second-order valence-electron chi connectivity index (χ2n) is 6.48. The smallest absolute Gasteiger partial charge is 0.337 e. The standard InChI is InChI=1S/C22H18N2O3/c1-13-23-20-11-18(10-19(22(26)27)21(20)24-13)17-8-6-16(7-9-17)15-4-2-14(12-25)3-5-15/h2-11,25H,12H2,1H3,(H,23,24)(H,26,27). The molecule has 3 aromatic carbocycles. The molecular formula is C22H18N2O3. The number of nitrogens with zero attached hydrogens (tertiary/aromatic N) is 1. The van der Waals surface area contributed by atoms with Crippen molar-refractivity contribution in [3.63, 3.8) is 0 Å². The molecule has 5 heteroatoms. The highest BCUT2D eigenvalue weighted by Gasteiger charge is 2.14. The molecule has 3 N–H and O–H groups in total. The van der Waals surface area contributed by atoms with Crippen LogP contribution in [0.4, 0.5) is 0 Å². The fourth-order valence-corrected chi connectivity index (χ4v) is 3.23. The van der Waals surface area contributed by atoms with E-state index in [0.29, 0.717) is 16.9 Å². The zero-order valence-electron chi connectivity index (χ0n) is 14.7. The fourth-order valence-electron chi connectivity index (χ4n) is 3.23. The number of imidazole rings is 1. The molecule has 0 aliphatic rings. The van der Waals surface area contributed by atoms with Crippen LogP contribution in [0.5, 0.6) is 0 Å². The molecule has 0 amide bonds. The lowest BCUT2D eigenvalue weighted by Crippen LogP contribution is -1.98. The molecule has 134 valence electrons. The minimum Gasteiger partial charge on any atom is -0.478 e. The Morgan fingerprint density at radius 3 is 2.04 bits per heavy atom. The number of carboxylic acids is 1. The summed E-state index contributed by atoms with van der Waals surface area (Å²) in [7, 11) is 0. The number of rotatable bonds is 4. The minimum atomic E-state index is -0.992. The topological polar surface area (TPSA) is 86.2 Å². The molecule has 0 unspecified atom stereocenters. The number of fused-ring (bicyclic) bond motifs is 1. The Morgan fingerprint density at radius 1 is 0.926 bits per heavy atom. The van der Waals surface area contributed by atoms with E-state index in [1.807, 2.05) is 61.5 Å². The average molecular weight is 358 g/mol. The van der Waals surface area contributed by atoms with Crippen LogP contribution in [0.25, 0.3) is 33.3 Å². The van der Waals surface area contributed by atoms with Crippen molar-refractivity contribution in [2.45, 2.75) is 13.5 Å². The number of aromatic carboxylic acids is 1. The zero-order valence-corrected chi connectivity index (χ0v) is 14.7. The van der Waals surface area contributed by atoms with Crippen molar-refractivity contribution in [3.8, 4) is 22.3 Å². The Bertz CT molecular complexity index is 1130. The number of aliphatic hydroxyl groups excluding tert-OH is 1. The summed E-state index contributed by atoms with van der Waals surface area (Å²) in [6, 6.07) is 19.3. The Labute approximate surface area is 156 Å². The van der Waals surface area contributed by atoms with E-state index in [4.69, 9.17) is 5.11 Å². The van der Waals surface area contributed by atoms with E-state index in [9.17, 15) is 9.90 Å². The summed E-state index contributed by atoms with van der Waals surface area (Å²) in [6.07, 6.45) is 0. The molecule has 0 fully saturated rings. The maximum Gasteiger partial charge on any atom is 0.337 e. The van der Waals surface area contributed by atoms with Crippen LogP contribution in [0, 0.1) is 6.92 Å². The summed E-state index contributed by atoms with van der Waals surface area (Å²) < 4.78 is 0. The van der Waals surface area contributed by atoms with Crippen LogP contribution in [0.3, 0.4) is 0 Å². The molecule has 4 aromatic rings. The van der Waals surface area contributed by atoms with Crippen LogP contribution in [-0.2, 0) is 6.61 Å². The normalized spacial score (nSPS) is 11.0. The van der Waals surface area contributed by atoms with Gasteiger partial charge >= 0.3 is 5.97 Å². The number of hydrogen-bond acceptors (Lipinski definition) is 3. The Balaban J connectivity index is 1.74. The molecule has 0 aliphatic heterocycles. The van der Waals surface area contributed by atoms with Crippen molar-refractivity contribution in [2.75, 3.05) is 0 Å². The van der Waals surface area contributed by atoms with Crippen LogP contribution >= 0.6 is 0 Å². The van der Waals surface area contributed by atoms with E-state index in [2.05, 4.69) is 9.97 Å². The number of benzene rings is 3. The van der Waals surface area contributed by atoms with Crippen molar-refractivity contribution < 1.29 is 15.0 Å². The first-order chi connectivity index (χ1) is 13.0. The SMILES string of the molecule is Cc1nc2c(C(=O)O)cc(-c3ccc(-c4ccc(CO)cc4)cc3)cc2[nH]1. The summed E-state index contributed by atoms with van der Waals surface area (Å²) in [5.41, 5.74) is 6.13. The lowest BCUT2D eigenvalue weighted by atomic mass is 9.98. The largest absolute Gasteiger partial charge is 0.478 e. The van der Waals surface area contributed by atoms with Crippen LogP contribution in [0.2, 0.25) is 0 Å². The lowest BCUT2D eigenvalue weighted by Gasteiger charge is -2.07. The van der Waals surface area contributed by atoms with Crippen molar-refractivity contribution in [3.05, 3.63) is 77.6 Å². The third kappa shape index (κ3) is 3.20. The van der Waals surface area contributed by atoms with Gasteiger partial charge in [0.15, 0.2) is 0 Å². The molecule has 1 aromatic heterocycles. The van der Waals surface area contributed by atoms with Crippen molar-refractivity contribution in [1.29, 1.82) is 0 Å². The van der Waals surface area contributed by atoms with E-state index in [1.165, 1.54) is 0 Å². The summed E-state index contributed by atoms with van der Waals surface area (Å²) in [6.45, 7) is 1.84. The number of aromatic amines is 1. The highest BCUT2D eigenvalue weighted by atomic mass is 16.4. The van der Waals surface area contributed by atoms with Crippen LogP contribution in [0.15, 0.2) is 60.7 Å². The first-order valence-corrected chi connectivity index (χ1v) is 8.59. The van der Waals surface area contributed by atoms with Gasteiger partial charge in [0.25, 0.3) is 0 Å². The number of carbonyl (C=O) groups is 1. The number of nitrogens with one attached hydrogen (secondary N) is 1. The van der Waals surface area contributed by atoms with E-state index in [-0.39, 0.29) is 12.2 Å². The summed E-state index contributed by atoms with van der Waals surface area (Å²) in [5.74, 6) is -0.305. The quantitative estimate of drug-likeness (QED) is 0.505. The first kappa shape index (κ1) is 17.0. The van der Waals surface area contributed by atoms with Crippen molar-refractivity contribution in [2.24, 2.45) is 0 Å². The van der Waals surface area contributed by atoms with Gasteiger partial charge < -0.3 is 15.2 Å². The van der Waals surface area contributed by atoms with Crippen molar-refractivity contribution in [1.82, 2.24) is 9.97 Å². The molecule has 0 spiro atoms. The number of H-pyrrole nitrogens is 1. The number of carboxylic acid groups (broad SMARTS) is 1. The highest BCUT2D eigenvalue weighted by Crippen LogP contribution is 2.29. The monoisotopic (exact) mass is 358 g/mol. The maximum absolute atomic E-state index is 11.6. The van der Waals surface area contributed by atoms with Gasteiger partial charge in [-0.25, -0.2) is 9.78 Å². The van der Waals surface area contributed by atoms with E-state index >= 15 is 0 Å². The second kappa shape index (κ2) is 6.70. The third-order valence-corrected chi connectivity index (χ3v) is 4.62. The van der Waals surface area contributed by atoms with E-state index < -0.39 is 5.97 Å². The molecule has 0 saturated heterocycles. The molecule has 27 heavy (non-hydrogen) atoms. The zero-order chi connectivity index (χ0) is 19.0. The van der Waals surface area contributed by atoms with Crippen molar-refractivity contribution >= 4 is 17.0 Å². The van der Waals surface area contributed by atoms with Gasteiger partial charge in [-0.05, 0) is 46.9 Å². The number of aryl methyl sites for hydroxylation is 1. The molecule has 0 radical (unpaired) electrons. The van der Waals surface area contributed by atoms with Crippen LogP contribution < -0.4 is 0 Å². The van der Waals surface area contributed by atoms with Gasteiger partial charge in [-0.15, -0.1) is 0 Å². The predicted molar refractivity (Wildman–Crippen MR) is 105 cm³/mol.